The van der Waals surface area contributed by atoms with Crippen molar-refractivity contribution >= 4 is 5.97 Å². The van der Waals surface area contributed by atoms with E-state index in [2.05, 4.69) is 13.0 Å². The minimum absolute atomic E-state index is 0.0169. The van der Waals surface area contributed by atoms with Crippen LogP contribution in [0.1, 0.15) is 47.4 Å². The molecule has 0 spiro atoms. The van der Waals surface area contributed by atoms with Gasteiger partial charge in [0.1, 0.15) is 23.1 Å². The van der Waals surface area contributed by atoms with Crippen LogP contribution in [-0.4, -0.2) is 19.7 Å². The number of nitriles is 1. The lowest BCUT2D eigenvalue weighted by Gasteiger charge is -2.27. The number of nitrogens with zero attached hydrogens (tertiary/aromatic N) is 1. The standard InChI is InChI=1S/C26H24N2O6/c1-3-4-11-31-20-10-7-16(13-23(20)30-2)24-18-9-8-17(33-26(29)21-6-5-12-32-21)14-22(18)34-25(28)19(24)15-27/h5-10,12-14,24H,3-4,11,28H2,1-2H3. The third-order valence-corrected chi connectivity index (χ3v) is 5.40. The molecule has 0 fully saturated rings. The average Bonchev–Trinajstić information content (AvgIpc) is 3.39. The third-order valence-electron chi connectivity index (χ3n) is 5.40. The maximum atomic E-state index is 12.2. The first-order valence-electron chi connectivity index (χ1n) is 10.8. The third kappa shape index (κ3) is 4.55. The molecule has 0 bridgehead atoms. The fourth-order valence-corrected chi connectivity index (χ4v) is 3.70. The van der Waals surface area contributed by atoms with Crippen LogP contribution in [0.2, 0.25) is 0 Å². The molecule has 2 aromatic carbocycles. The van der Waals surface area contributed by atoms with Crippen LogP contribution in [0, 0.1) is 11.3 Å². The topological polar surface area (TPSA) is 117 Å². The molecule has 34 heavy (non-hydrogen) atoms. The predicted octanol–water partition coefficient (Wildman–Crippen LogP) is 4.90. The van der Waals surface area contributed by atoms with Gasteiger partial charge in [-0.05, 0) is 42.3 Å². The van der Waals surface area contributed by atoms with Crippen LogP contribution < -0.4 is 24.7 Å². The largest absolute Gasteiger partial charge is 0.493 e. The second-order valence-corrected chi connectivity index (χ2v) is 7.60. The molecule has 8 nitrogen and oxygen atoms in total. The Labute approximate surface area is 197 Å². The Bertz CT molecular complexity index is 1260. The van der Waals surface area contributed by atoms with Crippen LogP contribution in [0.25, 0.3) is 0 Å². The van der Waals surface area contributed by atoms with Crippen molar-refractivity contribution in [2.45, 2.75) is 25.7 Å². The molecule has 1 unspecified atom stereocenters. The predicted molar refractivity (Wildman–Crippen MR) is 123 cm³/mol. The fourth-order valence-electron chi connectivity index (χ4n) is 3.70. The minimum Gasteiger partial charge on any atom is -0.493 e. The van der Waals surface area contributed by atoms with Crippen molar-refractivity contribution < 1.29 is 28.2 Å². The second-order valence-electron chi connectivity index (χ2n) is 7.60. The maximum absolute atomic E-state index is 12.2. The summed E-state index contributed by atoms with van der Waals surface area (Å²) >= 11 is 0. The molecule has 1 atom stereocenters. The molecular weight excluding hydrogens is 436 g/mol. The van der Waals surface area contributed by atoms with E-state index in [4.69, 9.17) is 29.1 Å². The number of esters is 1. The van der Waals surface area contributed by atoms with Gasteiger partial charge in [0.15, 0.2) is 11.5 Å². The Morgan fingerprint density at radius 1 is 1.18 bits per heavy atom. The number of ether oxygens (including phenoxy) is 4. The first kappa shape index (κ1) is 22.8. The lowest BCUT2D eigenvalue weighted by atomic mass is 9.83. The Morgan fingerprint density at radius 3 is 2.74 bits per heavy atom. The first-order valence-corrected chi connectivity index (χ1v) is 10.8. The zero-order chi connectivity index (χ0) is 24.1. The van der Waals surface area contributed by atoms with Gasteiger partial charge < -0.3 is 29.1 Å². The fraction of sp³-hybridized carbons (Fsp3) is 0.231. The highest BCUT2D eigenvalue weighted by Crippen LogP contribution is 2.45. The van der Waals surface area contributed by atoms with Gasteiger partial charge in [0.2, 0.25) is 11.6 Å². The van der Waals surface area contributed by atoms with Gasteiger partial charge >= 0.3 is 5.97 Å². The highest BCUT2D eigenvalue weighted by molar-refractivity contribution is 5.88. The van der Waals surface area contributed by atoms with Crippen LogP contribution in [0.4, 0.5) is 0 Å². The zero-order valence-corrected chi connectivity index (χ0v) is 18.9. The number of hydrogen-bond donors (Lipinski definition) is 1. The first-order chi connectivity index (χ1) is 16.5. The Balaban J connectivity index is 1.68. The summed E-state index contributed by atoms with van der Waals surface area (Å²) < 4.78 is 27.5. The van der Waals surface area contributed by atoms with E-state index < -0.39 is 11.9 Å². The number of nitrogens with two attached hydrogens (primary N) is 1. The zero-order valence-electron chi connectivity index (χ0n) is 18.9. The molecule has 1 aromatic heterocycles. The molecular formula is C26H24N2O6. The SMILES string of the molecule is CCCCOc1ccc(C2C(C#N)=C(N)Oc3cc(OC(=O)c4ccco4)ccc32)cc1OC. The highest BCUT2D eigenvalue weighted by atomic mass is 16.5. The van der Waals surface area contributed by atoms with Crippen molar-refractivity contribution in [2.75, 3.05) is 13.7 Å². The van der Waals surface area contributed by atoms with Gasteiger partial charge in [-0.15, -0.1) is 0 Å². The molecule has 0 aliphatic carbocycles. The maximum Gasteiger partial charge on any atom is 0.379 e. The number of unbranched alkanes of at least 4 members (excludes halogenated alkanes) is 1. The minimum atomic E-state index is -0.637. The van der Waals surface area contributed by atoms with Gasteiger partial charge in [0.25, 0.3) is 0 Å². The molecule has 2 N–H and O–H groups in total. The van der Waals surface area contributed by atoms with Crippen LogP contribution >= 0.6 is 0 Å². The van der Waals surface area contributed by atoms with Crippen molar-refractivity contribution in [3.05, 3.63) is 83.1 Å². The van der Waals surface area contributed by atoms with Gasteiger partial charge in [0, 0.05) is 11.6 Å². The molecule has 2 heterocycles. The van der Waals surface area contributed by atoms with Gasteiger partial charge in [-0.25, -0.2) is 4.79 Å². The molecule has 0 amide bonds. The number of allylic oxidation sites excluding steroid dienone is 1. The monoisotopic (exact) mass is 460 g/mol. The van der Waals surface area contributed by atoms with Crippen molar-refractivity contribution in [2.24, 2.45) is 5.73 Å². The number of methoxy groups -OCH3 is 1. The van der Waals surface area contributed by atoms with Crippen LogP contribution in [-0.2, 0) is 0 Å². The number of fused-ring (bicyclic) bond motifs is 1. The van der Waals surface area contributed by atoms with E-state index in [0.29, 0.717) is 29.4 Å². The molecule has 174 valence electrons. The van der Waals surface area contributed by atoms with Gasteiger partial charge in [-0.3, -0.25) is 0 Å². The Hall–Kier alpha value is -4.38. The smallest absolute Gasteiger partial charge is 0.379 e. The molecule has 1 aliphatic heterocycles. The van der Waals surface area contributed by atoms with E-state index in [9.17, 15) is 10.1 Å². The summed E-state index contributed by atoms with van der Waals surface area (Å²) in [6, 6.07) is 15.7. The molecule has 1 aliphatic rings. The van der Waals surface area contributed by atoms with Crippen molar-refractivity contribution in [3.8, 4) is 29.1 Å². The summed E-state index contributed by atoms with van der Waals surface area (Å²) in [6.45, 7) is 2.68. The molecule has 0 saturated heterocycles. The molecule has 3 aromatic rings. The van der Waals surface area contributed by atoms with E-state index in [1.165, 1.54) is 12.3 Å². The summed E-state index contributed by atoms with van der Waals surface area (Å²) in [6.07, 6.45) is 3.34. The van der Waals surface area contributed by atoms with E-state index in [1.54, 1.807) is 31.4 Å². The van der Waals surface area contributed by atoms with E-state index in [-0.39, 0.29) is 23.0 Å². The van der Waals surface area contributed by atoms with Crippen molar-refractivity contribution in [1.82, 2.24) is 0 Å². The highest BCUT2D eigenvalue weighted by Gasteiger charge is 2.32. The summed E-state index contributed by atoms with van der Waals surface area (Å²) in [5.74, 6) is 0.749. The number of carbonyl (C=O) groups is 1. The molecule has 4 rings (SSSR count). The Morgan fingerprint density at radius 2 is 2.03 bits per heavy atom. The van der Waals surface area contributed by atoms with E-state index in [1.807, 2.05) is 18.2 Å². The Kier molecular flexibility index (Phi) is 6.74. The van der Waals surface area contributed by atoms with Crippen LogP contribution in [0.5, 0.6) is 23.0 Å². The van der Waals surface area contributed by atoms with E-state index >= 15 is 0 Å². The number of benzene rings is 2. The average molecular weight is 460 g/mol. The summed E-state index contributed by atoms with van der Waals surface area (Å²) in [5.41, 5.74) is 7.85. The normalized spacial score (nSPS) is 14.6. The number of hydrogen-bond acceptors (Lipinski definition) is 8. The van der Waals surface area contributed by atoms with E-state index in [0.717, 1.165) is 18.4 Å². The van der Waals surface area contributed by atoms with Gasteiger partial charge in [0.05, 0.1) is 25.9 Å². The lowest BCUT2D eigenvalue weighted by Crippen LogP contribution is -2.21. The van der Waals surface area contributed by atoms with Crippen molar-refractivity contribution in [1.29, 1.82) is 5.26 Å². The van der Waals surface area contributed by atoms with Crippen LogP contribution in [0.15, 0.2) is 70.7 Å². The van der Waals surface area contributed by atoms with Crippen LogP contribution in [0.3, 0.4) is 0 Å². The summed E-state index contributed by atoms with van der Waals surface area (Å²) in [7, 11) is 1.57. The molecule has 8 heteroatoms. The molecule has 0 saturated carbocycles. The number of rotatable bonds is 8. The van der Waals surface area contributed by atoms with Gasteiger partial charge in [-0.1, -0.05) is 25.5 Å². The molecule has 0 radical (unpaired) electrons. The number of furan rings is 1. The second kappa shape index (κ2) is 10.0. The number of carbonyl (C=O) groups excluding carboxylic acids is 1. The van der Waals surface area contributed by atoms with Gasteiger partial charge in [-0.2, -0.15) is 5.26 Å². The van der Waals surface area contributed by atoms with Crippen molar-refractivity contribution in [3.63, 3.8) is 0 Å². The summed E-state index contributed by atoms with van der Waals surface area (Å²) in [5, 5.41) is 9.82. The quantitative estimate of drug-likeness (QED) is 0.286. The lowest BCUT2D eigenvalue weighted by molar-refractivity contribution is 0.0701. The summed E-state index contributed by atoms with van der Waals surface area (Å²) in [4.78, 5) is 12.2.